The largest absolute Gasteiger partial charge is 0.280 e. The molecule has 6 heteroatoms. The molecule has 0 aromatic rings. The van der Waals surface area contributed by atoms with Crippen LogP contribution in [0.5, 0.6) is 0 Å². The molecule has 0 amide bonds. The Labute approximate surface area is 122 Å². The fraction of sp³-hybridized carbons (Fsp3) is 0.929. The van der Waals surface area contributed by atoms with Crippen LogP contribution in [0.15, 0.2) is 0 Å². The first-order valence-corrected chi connectivity index (χ1v) is 9.14. The first-order valence-electron chi connectivity index (χ1n) is 7.70. The zero-order valence-corrected chi connectivity index (χ0v) is 13.0. The van der Waals surface area contributed by atoms with Crippen LogP contribution in [-0.2, 0) is 10.2 Å². The van der Waals surface area contributed by atoms with E-state index in [2.05, 4.69) is 17.7 Å². The molecular formula is C14H25N3O2S. The molecule has 1 aliphatic carbocycles. The van der Waals surface area contributed by atoms with Gasteiger partial charge in [0.05, 0.1) is 6.07 Å². The van der Waals surface area contributed by atoms with Crippen molar-refractivity contribution in [3.63, 3.8) is 0 Å². The summed E-state index contributed by atoms with van der Waals surface area (Å²) in [6, 6.07) is 1.59. The molecule has 1 unspecified atom stereocenters. The summed E-state index contributed by atoms with van der Waals surface area (Å²) in [6.45, 7) is 3.29. The zero-order chi connectivity index (χ0) is 14.6. The van der Waals surface area contributed by atoms with Crippen LogP contribution in [0.3, 0.4) is 0 Å². The van der Waals surface area contributed by atoms with E-state index in [0.717, 1.165) is 38.5 Å². The summed E-state index contributed by atoms with van der Waals surface area (Å²) in [5.74, 6) is 0.763. The van der Waals surface area contributed by atoms with Crippen molar-refractivity contribution in [1.82, 2.24) is 9.03 Å². The molecule has 1 saturated heterocycles. The number of nitriles is 1. The molecule has 0 aromatic heterocycles. The van der Waals surface area contributed by atoms with Crippen LogP contribution in [0.2, 0.25) is 0 Å². The lowest BCUT2D eigenvalue weighted by molar-refractivity contribution is 0.276. The van der Waals surface area contributed by atoms with Gasteiger partial charge in [-0.05, 0) is 37.5 Å². The van der Waals surface area contributed by atoms with E-state index in [0.29, 0.717) is 19.0 Å². The number of hydrogen-bond donors (Lipinski definition) is 1. The third kappa shape index (κ3) is 3.94. The molecule has 1 aliphatic heterocycles. The highest BCUT2D eigenvalue weighted by Crippen LogP contribution is 2.27. The second-order valence-corrected chi connectivity index (χ2v) is 7.91. The summed E-state index contributed by atoms with van der Waals surface area (Å²) in [6.07, 6.45) is 7.13. The topological polar surface area (TPSA) is 73.2 Å². The number of rotatable bonds is 4. The lowest BCUT2D eigenvalue weighted by atomic mass is 9.85. The summed E-state index contributed by atoms with van der Waals surface area (Å²) in [5, 5.41) is 9.29. The van der Waals surface area contributed by atoms with Gasteiger partial charge in [-0.3, -0.25) is 0 Å². The molecule has 114 valence electrons. The molecular weight excluding hydrogens is 274 g/mol. The highest BCUT2D eigenvalue weighted by molar-refractivity contribution is 7.87. The van der Waals surface area contributed by atoms with Gasteiger partial charge >= 0.3 is 0 Å². The van der Waals surface area contributed by atoms with Crippen molar-refractivity contribution in [2.24, 2.45) is 11.8 Å². The average Bonchev–Trinajstić information content (AvgIpc) is 2.46. The smallest absolute Gasteiger partial charge is 0.197 e. The Balaban J connectivity index is 1.97. The number of nitrogens with zero attached hydrogens (tertiary/aromatic N) is 2. The van der Waals surface area contributed by atoms with Crippen LogP contribution in [0, 0.1) is 23.2 Å². The maximum absolute atomic E-state index is 12.4. The van der Waals surface area contributed by atoms with Gasteiger partial charge in [-0.1, -0.05) is 26.2 Å². The second-order valence-electron chi connectivity index (χ2n) is 6.21. The van der Waals surface area contributed by atoms with Crippen LogP contribution >= 0.6 is 0 Å². The van der Waals surface area contributed by atoms with Crippen LogP contribution in [0.4, 0.5) is 0 Å². The fourth-order valence-electron chi connectivity index (χ4n) is 3.16. The quantitative estimate of drug-likeness (QED) is 0.863. The molecule has 1 heterocycles. The Morgan fingerprint density at radius 3 is 2.30 bits per heavy atom. The first-order chi connectivity index (χ1) is 9.53. The van der Waals surface area contributed by atoms with Crippen molar-refractivity contribution in [3.8, 4) is 6.07 Å². The van der Waals surface area contributed by atoms with E-state index in [1.807, 2.05) is 0 Å². The Bertz CT molecular complexity index is 444. The van der Waals surface area contributed by atoms with Crippen LogP contribution in [0.1, 0.15) is 51.9 Å². The minimum absolute atomic E-state index is 0.173. The Kier molecular flexibility index (Phi) is 5.42. The van der Waals surface area contributed by atoms with Crippen LogP contribution < -0.4 is 4.72 Å². The molecule has 1 saturated carbocycles. The molecule has 5 nitrogen and oxygen atoms in total. The Morgan fingerprint density at radius 1 is 1.15 bits per heavy atom. The number of piperidine rings is 1. The van der Waals surface area contributed by atoms with Gasteiger partial charge in [0.2, 0.25) is 0 Å². The molecule has 0 aromatic carbocycles. The Morgan fingerprint density at radius 2 is 1.75 bits per heavy atom. The minimum Gasteiger partial charge on any atom is -0.197 e. The molecule has 0 radical (unpaired) electrons. The predicted octanol–water partition coefficient (Wildman–Crippen LogP) is 2.03. The molecule has 1 atom stereocenters. The molecule has 20 heavy (non-hydrogen) atoms. The van der Waals surface area contributed by atoms with Gasteiger partial charge in [-0.25, -0.2) is 0 Å². The van der Waals surface area contributed by atoms with Gasteiger partial charge in [-0.2, -0.15) is 22.7 Å². The normalized spacial score (nSPS) is 25.2. The average molecular weight is 299 g/mol. The fourth-order valence-corrected chi connectivity index (χ4v) is 4.56. The van der Waals surface area contributed by atoms with Gasteiger partial charge in [-0.15, -0.1) is 0 Å². The van der Waals surface area contributed by atoms with Gasteiger partial charge in [0.15, 0.2) is 0 Å². The van der Waals surface area contributed by atoms with Crippen molar-refractivity contribution in [2.75, 3.05) is 13.1 Å². The highest BCUT2D eigenvalue weighted by atomic mass is 32.2. The lowest BCUT2D eigenvalue weighted by Gasteiger charge is -2.32. The SMILES string of the molecule is CC1CCN(S(=O)(=O)NC(C#N)C2CCCCC2)CC1. The maximum Gasteiger partial charge on any atom is 0.280 e. The van der Waals surface area contributed by atoms with Crippen LogP contribution in [0.25, 0.3) is 0 Å². The summed E-state index contributed by atoms with van der Waals surface area (Å²) in [7, 11) is -3.51. The molecule has 2 fully saturated rings. The van der Waals surface area contributed by atoms with E-state index in [9.17, 15) is 13.7 Å². The van der Waals surface area contributed by atoms with Gasteiger partial charge < -0.3 is 0 Å². The maximum atomic E-state index is 12.4. The van der Waals surface area contributed by atoms with E-state index in [-0.39, 0.29) is 5.92 Å². The van der Waals surface area contributed by atoms with Crippen molar-refractivity contribution in [2.45, 2.75) is 57.9 Å². The Hall–Kier alpha value is -0.640. The van der Waals surface area contributed by atoms with Crippen molar-refractivity contribution in [1.29, 1.82) is 5.26 Å². The summed E-state index contributed by atoms with van der Waals surface area (Å²) < 4.78 is 28.9. The zero-order valence-electron chi connectivity index (χ0n) is 12.2. The van der Waals surface area contributed by atoms with Crippen molar-refractivity contribution in [3.05, 3.63) is 0 Å². The van der Waals surface area contributed by atoms with Gasteiger partial charge in [0.1, 0.15) is 6.04 Å². The standard InChI is InChI=1S/C14H25N3O2S/c1-12-7-9-17(10-8-12)20(18,19)16-14(11-15)13-5-3-2-4-6-13/h12-14,16H,2-10H2,1H3. The third-order valence-corrected chi connectivity index (χ3v) is 6.22. The minimum atomic E-state index is -3.51. The van der Waals surface area contributed by atoms with E-state index in [4.69, 9.17) is 0 Å². The van der Waals surface area contributed by atoms with E-state index < -0.39 is 16.3 Å². The summed E-state index contributed by atoms with van der Waals surface area (Å²) in [4.78, 5) is 0. The van der Waals surface area contributed by atoms with E-state index in [1.165, 1.54) is 10.7 Å². The van der Waals surface area contributed by atoms with Gasteiger partial charge in [0, 0.05) is 13.1 Å². The summed E-state index contributed by atoms with van der Waals surface area (Å²) >= 11 is 0. The van der Waals surface area contributed by atoms with Crippen molar-refractivity contribution < 1.29 is 8.42 Å². The third-order valence-electron chi connectivity index (χ3n) is 4.62. The van der Waals surface area contributed by atoms with Crippen LogP contribution in [-0.4, -0.2) is 31.9 Å². The molecule has 1 N–H and O–H groups in total. The van der Waals surface area contributed by atoms with E-state index in [1.54, 1.807) is 0 Å². The second kappa shape index (κ2) is 6.88. The molecule has 0 bridgehead atoms. The molecule has 2 aliphatic rings. The van der Waals surface area contributed by atoms with Crippen molar-refractivity contribution >= 4 is 10.2 Å². The number of nitrogens with one attached hydrogen (secondary N) is 1. The monoisotopic (exact) mass is 299 g/mol. The number of hydrogen-bond acceptors (Lipinski definition) is 3. The predicted molar refractivity (Wildman–Crippen MR) is 78.0 cm³/mol. The molecule has 2 rings (SSSR count). The van der Waals surface area contributed by atoms with Gasteiger partial charge in [0.25, 0.3) is 10.2 Å². The molecule has 0 spiro atoms. The van der Waals surface area contributed by atoms with E-state index >= 15 is 0 Å². The summed E-state index contributed by atoms with van der Waals surface area (Å²) in [5.41, 5.74) is 0. The lowest BCUT2D eigenvalue weighted by Crippen LogP contribution is -2.49. The highest BCUT2D eigenvalue weighted by Gasteiger charge is 2.32. The first kappa shape index (κ1) is 15.7.